The summed E-state index contributed by atoms with van der Waals surface area (Å²) in [5.74, 6) is 0.229. The SMILES string of the molecule is Cc1cccc(C(Oc2ccc(C)c(F)c2)C(C)N)c1. The highest BCUT2D eigenvalue weighted by Crippen LogP contribution is 2.26. The second-order valence-electron chi connectivity index (χ2n) is 5.22. The number of halogens is 1. The van der Waals surface area contributed by atoms with Crippen LogP contribution < -0.4 is 10.5 Å². The van der Waals surface area contributed by atoms with Gasteiger partial charge in [-0.15, -0.1) is 0 Å². The molecule has 0 aliphatic heterocycles. The third-order valence-electron chi connectivity index (χ3n) is 3.25. The van der Waals surface area contributed by atoms with E-state index in [-0.39, 0.29) is 18.0 Å². The first-order chi connectivity index (χ1) is 9.47. The fourth-order valence-corrected chi connectivity index (χ4v) is 2.12. The summed E-state index contributed by atoms with van der Waals surface area (Å²) in [6.45, 7) is 5.63. The van der Waals surface area contributed by atoms with E-state index in [1.807, 2.05) is 38.1 Å². The van der Waals surface area contributed by atoms with Gasteiger partial charge in [0.2, 0.25) is 0 Å². The maximum atomic E-state index is 13.6. The Balaban J connectivity index is 2.28. The third kappa shape index (κ3) is 3.36. The molecule has 0 fully saturated rings. The van der Waals surface area contributed by atoms with Gasteiger partial charge in [0.05, 0.1) is 0 Å². The van der Waals surface area contributed by atoms with Crippen LogP contribution in [0.4, 0.5) is 4.39 Å². The van der Waals surface area contributed by atoms with Gasteiger partial charge < -0.3 is 10.5 Å². The molecular formula is C17H20FNO. The van der Waals surface area contributed by atoms with Crippen LogP contribution in [-0.2, 0) is 0 Å². The summed E-state index contributed by atoms with van der Waals surface area (Å²) in [4.78, 5) is 0. The van der Waals surface area contributed by atoms with Gasteiger partial charge in [0, 0.05) is 12.1 Å². The van der Waals surface area contributed by atoms with Crippen molar-refractivity contribution in [1.29, 1.82) is 0 Å². The summed E-state index contributed by atoms with van der Waals surface area (Å²) in [6.07, 6.45) is -0.294. The maximum absolute atomic E-state index is 13.6. The zero-order valence-corrected chi connectivity index (χ0v) is 12.1. The van der Waals surface area contributed by atoms with Crippen LogP contribution in [-0.4, -0.2) is 6.04 Å². The van der Waals surface area contributed by atoms with Crippen LogP contribution in [0.1, 0.15) is 29.7 Å². The molecule has 106 valence electrons. The highest BCUT2D eigenvalue weighted by molar-refractivity contribution is 5.31. The summed E-state index contributed by atoms with van der Waals surface area (Å²) in [6, 6.07) is 12.7. The molecule has 2 nitrogen and oxygen atoms in total. The molecule has 2 aromatic carbocycles. The zero-order chi connectivity index (χ0) is 14.7. The maximum Gasteiger partial charge on any atom is 0.138 e. The van der Waals surface area contributed by atoms with Crippen LogP contribution in [0.5, 0.6) is 5.75 Å². The molecule has 0 saturated heterocycles. The fourth-order valence-electron chi connectivity index (χ4n) is 2.12. The molecular weight excluding hydrogens is 253 g/mol. The van der Waals surface area contributed by atoms with E-state index in [2.05, 4.69) is 0 Å². The van der Waals surface area contributed by atoms with E-state index in [1.165, 1.54) is 6.07 Å². The van der Waals surface area contributed by atoms with Crippen molar-refractivity contribution in [1.82, 2.24) is 0 Å². The molecule has 0 bridgehead atoms. The minimum absolute atomic E-state index is 0.193. The Morgan fingerprint density at radius 3 is 2.45 bits per heavy atom. The van der Waals surface area contributed by atoms with E-state index in [0.717, 1.165) is 11.1 Å². The number of hydrogen-bond acceptors (Lipinski definition) is 2. The second kappa shape index (κ2) is 6.06. The molecule has 3 heteroatoms. The molecule has 2 unspecified atom stereocenters. The first-order valence-corrected chi connectivity index (χ1v) is 6.72. The van der Waals surface area contributed by atoms with Gasteiger partial charge >= 0.3 is 0 Å². The van der Waals surface area contributed by atoms with Crippen LogP contribution in [0.2, 0.25) is 0 Å². The molecule has 0 aliphatic rings. The van der Waals surface area contributed by atoms with E-state index in [9.17, 15) is 4.39 Å². The second-order valence-corrected chi connectivity index (χ2v) is 5.22. The molecule has 0 aliphatic carbocycles. The average Bonchev–Trinajstić information content (AvgIpc) is 2.39. The van der Waals surface area contributed by atoms with Crippen molar-refractivity contribution in [2.75, 3.05) is 0 Å². The summed E-state index contributed by atoms with van der Waals surface area (Å²) in [7, 11) is 0. The number of rotatable bonds is 4. The van der Waals surface area contributed by atoms with E-state index >= 15 is 0 Å². The summed E-state index contributed by atoms with van der Waals surface area (Å²) >= 11 is 0. The van der Waals surface area contributed by atoms with Crippen molar-refractivity contribution in [3.8, 4) is 5.75 Å². The van der Waals surface area contributed by atoms with Crippen LogP contribution in [0.15, 0.2) is 42.5 Å². The van der Waals surface area contributed by atoms with Gasteiger partial charge in [-0.3, -0.25) is 0 Å². The molecule has 2 N–H and O–H groups in total. The molecule has 0 spiro atoms. The number of hydrogen-bond donors (Lipinski definition) is 1. The molecule has 0 aromatic heterocycles. The first-order valence-electron chi connectivity index (χ1n) is 6.72. The average molecular weight is 273 g/mol. The van der Waals surface area contributed by atoms with E-state index in [1.54, 1.807) is 19.1 Å². The zero-order valence-electron chi connectivity index (χ0n) is 12.1. The van der Waals surface area contributed by atoms with Crippen LogP contribution >= 0.6 is 0 Å². The number of benzene rings is 2. The van der Waals surface area contributed by atoms with Gasteiger partial charge in [0.15, 0.2) is 0 Å². The monoisotopic (exact) mass is 273 g/mol. The highest BCUT2D eigenvalue weighted by Gasteiger charge is 2.18. The quantitative estimate of drug-likeness (QED) is 0.916. The molecule has 0 saturated carbocycles. The fraction of sp³-hybridized carbons (Fsp3) is 0.294. The van der Waals surface area contributed by atoms with Crippen molar-refractivity contribution in [2.45, 2.75) is 32.9 Å². The van der Waals surface area contributed by atoms with E-state index in [4.69, 9.17) is 10.5 Å². The standard InChI is InChI=1S/C17H20FNO/c1-11-5-4-6-14(9-11)17(13(3)19)20-15-8-7-12(2)16(18)10-15/h4-10,13,17H,19H2,1-3H3. The van der Waals surface area contributed by atoms with Crippen molar-refractivity contribution in [2.24, 2.45) is 5.73 Å². The van der Waals surface area contributed by atoms with Crippen molar-refractivity contribution < 1.29 is 9.13 Å². The molecule has 0 heterocycles. The van der Waals surface area contributed by atoms with Gasteiger partial charge in [-0.05, 0) is 38.0 Å². The molecule has 0 amide bonds. The Hall–Kier alpha value is -1.87. The van der Waals surface area contributed by atoms with Gasteiger partial charge in [0.1, 0.15) is 17.7 Å². The lowest BCUT2D eigenvalue weighted by Gasteiger charge is -2.23. The Morgan fingerprint density at radius 1 is 1.10 bits per heavy atom. The highest BCUT2D eigenvalue weighted by atomic mass is 19.1. The predicted molar refractivity (Wildman–Crippen MR) is 79.3 cm³/mol. The van der Waals surface area contributed by atoms with Crippen molar-refractivity contribution >= 4 is 0 Å². The van der Waals surface area contributed by atoms with Gasteiger partial charge in [0.25, 0.3) is 0 Å². The summed E-state index contributed by atoms with van der Waals surface area (Å²) < 4.78 is 19.5. The first kappa shape index (κ1) is 14.5. The van der Waals surface area contributed by atoms with Crippen molar-refractivity contribution in [3.63, 3.8) is 0 Å². The van der Waals surface area contributed by atoms with Crippen LogP contribution in [0, 0.1) is 19.7 Å². The van der Waals surface area contributed by atoms with Crippen LogP contribution in [0.25, 0.3) is 0 Å². The third-order valence-corrected chi connectivity index (χ3v) is 3.25. The predicted octanol–water partition coefficient (Wildman–Crippen LogP) is 3.91. The number of nitrogens with two attached hydrogens (primary N) is 1. The molecule has 20 heavy (non-hydrogen) atoms. The lowest BCUT2D eigenvalue weighted by Crippen LogP contribution is -2.29. The van der Waals surface area contributed by atoms with Crippen molar-refractivity contribution in [3.05, 3.63) is 65.0 Å². The Bertz CT molecular complexity index is 595. The van der Waals surface area contributed by atoms with E-state index in [0.29, 0.717) is 11.3 Å². The topological polar surface area (TPSA) is 35.2 Å². The van der Waals surface area contributed by atoms with E-state index < -0.39 is 0 Å². The van der Waals surface area contributed by atoms with Gasteiger partial charge in [-0.25, -0.2) is 4.39 Å². The molecule has 2 aromatic rings. The molecule has 2 rings (SSSR count). The normalized spacial score (nSPS) is 13.8. The van der Waals surface area contributed by atoms with Gasteiger partial charge in [-0.2, -0.15) is 0 Å². The Morgan fingerprint density at radius 2 is 1.85 bits per heavy atom. The smallest absolute Gasteiger partial charge is 0.138 e. The molecule has 2 atom stereocenters. The minimum Gasteiger partial charge on any atom is -0.484 e. The lowest BCUT2D eigenvalue weighted by molar-refractivity contribution is 0.179. The lowest BCUT2D eigenvalue weighted by atomic mass is 10.0. The Kier molecular flexibility index (Phi) is 4.40. The van der Waals surface area contributed by atoms with Crippen LogP contribution in [0.3, 0.4) is 0 Å². The summed E-state index contributed by atoms with van der Waals surface area (Å²) in [5, 5.41) is 0. The van der Waals surface area contributed by atoms with Gasteiger partial charge in [-0.1, -0.05) is 35.9 Å². The minimum atomic E-state index is -0.294. The Labute approximate surface area is 119 Å². The number of aryl methyl sites for hydroxylation is 2. The molecule has 0 radical (unpaired) electrons. The number of ether oxygens (including phenoxy) is 1. The largest absolute Gasteiger partial charge is 0.484 e. The summed E-state index contributed by atoms with van der Waals surface area (Å²) in [5.41, 5.74) is 8.76.